The molecule has 3 amide bonds. The molecular weight excluding hydrogens is 378 g/mol. The highest BCUT2D eigenvalue weighted by Gasteiger charge is 2.49. The number of para-hydroxylation sites is 1. The summed E-state index contributed by atoms with van der Waals surface area (Å²) >= 11 is 5.92. The van der Waals surface area contributed by atoms with Crippen LogP contribution in [0.15, 0.2) is 48.5 Å². The minimum atomic E-state index is -1.24. The summed E-state index contributed by atoms with van der Waals surface area (Å²) in [4.78, 5) is 42.6. The largest absolute Gasteiger partial charge is 0.358 e. The number of aromatic nitrogens is 1. The van der Waals surface area contributed by atoms with Crippen LogP contribution in [0.5, 0.6) is 0 Å². The van der Waals surface area contributed by atoms with Crippen molar-refractivity contribution in [1.29, 1.82) is 0 Å². The van der Waals surface area contributed by atoms with Gasteiger partial charge in [-0.2, -0.15) is 0 Å². The molecular formula is C21H18ClN3O3. The second kappa shape index (κ2) is 6.49. The van der Waals surface area contributed by atoms with E-state index in [0.29, 0.717) is 21.8 Å². The molecule has 1 fully saturated rings. The van der Waals surface area contributed by atoms with E-state index in [-0.39, 0.29) is 12.3 Å². The summed E-state index contributed by atoms with van der Waals surface area (Å²) in [5, 5.41) is 4.01. The van der Waals surface area contributed by atoms with Gasteiger partial charge in [0.25, 0.3) is 5.91 Å². The third-order valence-corrected chi connectivity index (χ3v) is 5.42. The molecule has 2 heterocycles. The first-order chi connectivity index (χ1) is 13.3. The van der Waals surface area contributed by atoms with Gasteiger partial charge in [-0.1, -0.05) is 41.9 Å². The number of carbonyl (C=O) groups is 3. The van der Waals surface area contributed by atoms with Crippen LogP contribution < -0.4 is 5.32 Å². The Kier molecular flexibility index (Phi) is 4.23. The third kappa shape index (κ3) is 2.77. The maximum Gasteiger partial charge on any atom is 0.325 e. The van der Waals surface area contributed by atoms with E-state index in [0.717, 1.165) is 15.8 Å². The molecule has 142 valence electrons. The van der Waals surface area contributed by atoms with Crippen molar-refractivity contribution in [3.63, 3.8) is 0 Å². The van der Waals surface area contributed by atoms with Gasteiger partial charge in [0.15, 0.2) is 5.78 Å². The van der Waals surface area contributed by atoms with Crippen molar-refractivity contribution < 1.29 is 14.4 Å². The van der Waals surface area contributed by atoms with Gasteiger partial charge in [-0.25, -0.2) is 4.79 Å². The first-order valence-corrected chi connectivity index (χ1v) is 9.20. The second-order valence-electron chi connectivity index (χ2n) is 7.05. The zero-order valence-corrected chi connectivity index (χ0v) is 16.1. The number of carbonyl (C=O) groups excluding carboxylic acids is 3. The van der Waals surface area contributed by atoms with Gasteiger partial charge < -0.3 is 10.3 Å². The third-order valence-electron chi connectivity index (χ3n) is 5.17. The average Bonchev–Trinajstić information content (AvgIpc) is 3.11. The first-order valence-electron chi connectivity index (χ1n) is 8.82. The van der Waals surface area contributed by atoms with Gasteiger partial charge in [-0.15, -0.1) is 0 Å². The van der Waals surface area contributed by atoms with Crippen molar-refractivity contribution in [3.8, 4) is 0 Å². The standard InChI is InChI=1S/C21H18ClN3O3/c1-12-18(15-5-3-4-6-16(15)23-12)17(26)11-25-19(27)21(2,24-20(25)28)13-7-9-14(22)10-8-13/h3-10,23H,11H2,1-2H3,(H,24,28)/t21-/m1/s1. The molecule has 0 spiro atoms. The van der Waals surface area contributed by atoms with Crippen LogP contribution in [0.1, 0.15) is 28.5 Å². The van der Waals surface area contributed by atoms with E-state index in [4.69, 9.17) is 11.6 Å². The average molecular weight is 396 g/mol. The van der Waals surface area contributed by atoms with Gasteiger partial charge in [0.05, 0.1) is 6.54 Å². The van der Waals surface area contributed by atoms with Crippen LogP contribution in [0.25, 0.3) is 10.9 Å². The van der Waals surface area contributed by atoms with Gasteiger partial charge in [0, 0.05) is 27.2 Å². The van der Waals surface area contributed by atoms with E-state index in [9.17, 15) is 14.4 Å². The van der Waals surface area contributed by atoms with Gasteiger partial charge in [-0.3, -0.25) is 14.5 Å². The van der Waals surface area contributed by atoms with Crippen molar-refractivity contribution in [3.05, 3.63) is 70.4 Å². The number of halogens is 1. The Morgan fingerprint density at radius 3 is 2.50 bits per heavy atom. The summed E-state index contributed by atoms with van der Waals surface area (Å²) in [6, 6.07) is 13.5. The molecule has 7 heteroatoms. The van der Waals surface area contributed by atoms with Crippen LogP contribution in [-0.2, 0) is 10.3 Å². The predicted molar refractivity (Wildman–Crippen MR) is 106 cm³/mol. The van der Waals surface area contributed by atoms with Crippen LogP contribution in [-0.4, -0.2) is 34.2 Å². The fraction of sp³-hybridized carbons (Fsp3) is 0.190. The number of amides is 3. The molecule has 6 nitrogen and oxygen atoms in total. The summed E-state index contributed by atoms with van der Waals surface area (Å²) < 4.78 is 0. The number of aromatic amines is 1. The summed E-state index contributed by atoms with van der Waals surface area (Å²) in [5.74, 6) is -0.760. The van der Waals surface area contributed by atoms with Crippen molar-refractivity contribution in [2.24, 2.45) is 0 Å². The Bertz CT molecular complexity index is 1120. The first kappa shape index (κ1) is 18.3. The number of imide groups is 1. The van der Waals surface area contributed by atoms with Crippen LogP contribution >= 0.6 is 11.6 Å². The number of Topliss-reactive ketones (excluding diaryl/α,β-unsaturated/α-hetero) is 1. The molecule has 1 aliphatic rings. The number of ketones is 1. The fourth-order valence-electron chi connectivity index (χ4n) is 3.68. The predicted octanol–water partition coefficient (Wildman–Crippen LogP) is 3.78. The number of rotatable bonds is 4. The van der Waals surface area contributed by atoms with Crippen molar-refractivity contribution >= 4 is 40.2 Å². The van der Waals surface area contributed by atoms with Gasteiger partial charge in [-0.05, 0) is 37.6 Å². The smallest absolute Gasteiger partial charge is 0.325 e. The molecule has 1 aliphatic heterocycles. The molecule has 28 heavy (non-hydrogen) atoms. The zero-order valence-electron chi connectivity index (χ0n) is 15.4. The summed E-state index contributed by atoms with van der Waals surface area (Å²) in [5.41, 5.74) is 1.41. The lowest BCUT2D eigenvalue weighted by Gasteiger charge is -2.22. The Balaban J connectivity index is 1.64. The molecule has 4 rings (SSSR count). The number of hydrogen-bond acceptors (Lipinski definition) is 3. The number of aryl methyl sites for hydroxylation is 1. The highest BCUT2D eigenvalue weighted by Crippen LogP contribution is 2.30. The maximum absolute atomic E-state index is 13.0. The molecule has 3 aromatic rings. The lowest BCUT2D eigenvalue weighted by atomic mass is 9.92. The molecule has 0 unspecified atom stereocenters. The van der Waals surface area contributed by atoms with Crippen LogP contribution in [0, 0.1) is 6.92 Å². The van der Waals surface area contributed by atoms with E-state index in [2.05, 4.69) is 10.3 Å². The number of hydrogen-bond donors (Lipinski definition) is 2. The number of benzene rings is 2. The van der Waals surface area contributed by atoms with E-state index < -0.39 is 17.5 Å². The monoisotopic (exact) mass is 395 g/mol. The van der Waals surface area contributed by atoms with E-state index in [1.165, 1.54) is 0 Å². The second-order valence-corrected chi connectivity index (χ2v) is 7.48. The van der Waals surface area contributed by atoms with Crippen molar-refractivity contribution in [1.82, 2.24) is 15.2 Å². The highest BCUT2D eigenvalue weighted by molar-refractivity contribution is 6.30. The van der Waals surface area contributed by atoms with Crippen molar-refractivity contribution in [2.75, 3.05) is 6.54 Å². The Morgan fingerprint density at radius 1 is 1.11 bits per heavy atom. The van der Waals surface area contributed by atoms with Crippen LogP contribution in [0.3, 0.4) is 0 Å². The fourth-order valence-corrected chi connectivity index (χ4v) is 3.80. The van der Waals surface area contributed by atoms with Crippen LogP contribution in [0.2, 0.25) is 5.02 Å². The topological polar surface area (TPSA) is 82.3 Å². The number of urea groups is 1. The minimum Gasteiger partial charge on any atom is -0.358 e. The maximum atomic E-state index is 13.0. The molecule has 2 N–H and O–H groups in total. The number of nitrogens with one attached hydrogen (secondary N) is 2. The number of fused-ring (bicyclic) bond motifs is 1. The zero-order chi connectivity index (χ0) is 20.1. The normalized spacial score (nSPS) is 19.3. The summed E-state index contributed by atoms with van der Waals surface area (Å²) in [6.45, 7) is 3.10. The highest BCUT2D eigenvalue weighted by atomic mass is 35.5. The Labute approximate surface area is 166 Å². The van der Waals surface area contributed by atoms with E-state index in [1.54, 1.807) is 38.1 Å². The number of nitrogens with zero attached hydrogens (tertiary/aromatic N) is 1. The molecule has 2 aromatic carbocycles. The van der Waals surface area contributed by atoms with Gasteiger partial charge >= 0.3 is 6.03 Å². The number of H-pyrrole nitrogens is 1. The molecule has 1 saturated heterocycles. The molecule has 1 aromatic heterocycles. The molecule has 0 bridgehead atoms. The quantitative estimate of drug-likeness (QED) is 0.521. The van der Waals surface area contributed by atoms with E-state index >= 15 is 0 Å². The SMILES string of the molecule is Cc1[nH]c2ccccc2c1C(=O)CN1C(=O)N[C@](C)(c2ccc(Cl)cc2)C1=O. The molecule has 0 radical (unpaired) electrons. The Morgan fingerprint density at radius 2 is 1.79 bits per heavy atom. The van der Waals surface area contributed by atoms with Crippen LogP contribution in [0.4, 0.5) is 4.79 Å². The molecule has 0 saturated carbocycles. The lowest BCUT2D eigenvalue weighted by Crippen LogP contribution is -2.41. The van der Waals surface area contributed by atoms with E-state index in [1.807, 2.05) is 24.3 Å². The van der Waals surface area contributed by atoms with Gasteiger partial charge in [0.2, 0.25) is 0 Å². The molecule has 1 atom stereocenters. The lowest BCUT2D eigenvalue weighted by molar-refractivity contribution is -0.130. The molecule has 0 aliphatic carbocycles. The Hall–Kier alpha value is -3.12. The summed E-state index contributed by atoms with van der Waals surface area (Å²) in [6.07, 6.45) is 0. The minimum absolute atomic E-state index is 0.293. The van der Waals surface area contributed by atoms with Crippen molar-refractivity contribution in [2.45, 2.75) is 19.4 Å². The summed E-state index contributed by atoms with van der Waals surface area (Å²) in [7, 11) is 0. The van der Waals surface area contributed by atoms with Gasteiger partial charge in [0.1, 0.15) is 5.54 Å².